The van der Waals surface area contributed by atoms with E-state index in [4.69, 9.17) is 0 Å². The average molecular weight is 371 g/mol. The minimum absolute atomic E-state index is 0.165. The second kappa shape index (κ2) is 7.36. The van der Waals surface area contributed by atoms with Crippen LogP contribution >= 0.6 is 11.3 Å². The van der Waals surface area contributed by atoms with Crippen LogP contribution in [0.3, 0.4) is 0 Å². The number of rotatable bonds is 4. The summed E-state index contributed by atoms with van der Waals surface area (Å²) in [6, 6.07) is 4.32. The Morgan fingerprint density at radius 1 is 1.15 bits per heavy atom. The van der Waals surface area contributed by atoms with Crippen molar-refractivity contribution in [1.29, 1.82) is 0 Å². The summed E-state index contributed by atoms with van der Waals surface area (Å²) in [4.78, 5) is 35.4. The molecule has 3 aromatic rings. The topological polar surface area (TPSA) is 96.9 Å². The second-order valence-corrected chi connectivity index (χ2v) is 6.27. The molecular weight excluding hydrogens is 357 g/mol. The van der Waals surface area contributed by atoms with Crippen molar-refractivity contribution in [3.8, 4) is 11.3 Å². The lowest BCUT2D eigenvalue weighted by Gasteiger charge is -2.05. The predicted molar refractivity (Wildman–Crippen MR) is 96.5 cm³/mol. The quantitative estimate of drug-likeness (QED) is 0.734. The van der Waals surface area contributed by atoms with Gasteiger partial charge in [0.05, 0.1) is 17.6 Å². The smallest absolute Gasteiger partial charge is 0.277 e. The van der Waals surface area contributed by atoms with Crippen LogP contribution < -0.4 is 10.6 Å². The van der Waals surface area contributed by atoms with Crippen molar-refractivity contribution in [3.05, 3.63) is 53.2 Å². The zero-order valence-corrected chi connectivity index (χ0v) is 14.7. The molecule has 3 rings (SSSR count). The van der Waals surface area contributed by atoms with Gasteiger partial charge in [0.15, 0.2) is 5.13 Å². The lowest BCUT2D eigenvalue weighted by Crippen LogP contribution is -2.14. The van der Waals surface area contributed by atoms with Crippen molar-refractivity contribution in [2.75, 3.05) is 10.6 Å². The van der Waals surface area contributed by atoms with Crippen LogP contribution in [0.2, 0.25) is 0 Å². The van der Waals surface area contributed by atoms with E-state index in [-0.39, 0.29) is 17.2 Å². The number of hydrogen-bond donors (Lipinski definition) is 2. The van der Waals surface area contributed by atoms with Crippen LogP contribution in [0, 0.1) is 12.7 Å². The molecule has 2 heterocycles. The molecule has 7 nitrogen and oxygen atoms in total. The summed E-state index contributed by atoms with van der Waals surface area (Å²) in [5.41, 5.74) is 1.88. The molecule has 0 saturated carbocycles. The van der Waals surface area contributed by atoms with Crippen molar-refractivity contribution >= 4 is 34.0 Å². The first-order valence-electron chi connectivity index (χ1n) is 7.55. The van der Waals surface area contributed by atoms with Crippen molar-refractivity contribution in [3.63, 3.8) is 0 Å². The number of hydrogen-bond acceptors (Lipinski definition) is 6. The number of thiazole rings is 1. The maximum absolute atomic E-state index is 14.3. The Kier molecular flexibility index (Phi) is 4.99. The lowest BCUT2D eigenvalue weighted by atomic mass is 10.1. The van der Waals surface area contributed by atoms with Crippen LogP contribution in [0.4, 0.5) is 15.2 Å². The van der Waals surface area contributed by atoms with Crippen LogP contribution in [0.15, 0.2) is 36.0 Å². The van der Waals surface area contributed by atoms with Crippen molar-refractivity contribution in [2.24, 2.45) is 0 Å². The summed E-state index contributed by atoms with van der Waals surface area (Å²) in [5, 5.41) is 7.07. The molecule has 2 N–H and O–H groups in total. The fourth-order valence-corrected chi connectivity index (χ4v) is 2.84. The summed E-state index contributed by atoms with van der Waals surface area (Å²) in [7, 11) is 0. The van der Waals surface area contributed by atoms with Gasteiger partial charge in [0, 0.05) is 29.8 Å². The number of aryl methyl sites for hydroxylation is 1. The van der Waals surface area contributed by atoms with Crippen LogP contribution in [-0.4, -0.2) is 26.8 Å². The molecule has 0 aliphatic heterocycles. The predicted octanol–water partition coefficient (Wildman–Crippen LogP) is 3.26. The van der Waals surface area contributed by atoms with E-state index in [1.54, 1.807) is 18.4 Å². The van der Waals surface area contributed by atoms with Gasteiger partial charge in [-0.1, -0.05) is 0 Å². The van der Waals surface area contributed by atoms with E-state index >= 15 is 0 Å². The number of carbonyl (C=O) groups excluding carboxylic acids is 2. The molecule has 0 radical (unpaired) electrons. The molecule has 9 heteroatoms. The molecule has 26 heavy (non-hydrogen) atoms. The Morgan fingerprint density at radius 3 is 2.62 bits per heavy atom. The highest BCUT2D eigenvalue weighted by molar-refractivity contribution is 7.14. The van der Waals surface area contributed by atoms with Crippen LogP contribution in [0.1, 0.15) is 23.1 Å². The molecule has 0 fully saturated rings. The summed E-state index contributed by atoms with van der Waals surface area (Å²) in [5.74, 6) is -1.25. The maximum atomic E-state index is 14.3. The second-order valence-electron chi connectivity index (χ2n) is 5.41. The fraction of sp³-hybridized carbons (Fsp3) is 0.118. The first-order chi connectivity index (χ1) is 12.4. The molecule has 0 atom stereocenters. The molecule has 0 unspecified atom stereocenters. The number of benzene rings is 1. The van der Waals surface area contributed by atoms with Gasteiger partial charge < -0.3 is 5.32 Å². The van der Waals surface area contributed by atoms with Crippen LogP contribution in [0.5, 0.6) is 0 Å². The molecule has 132 valence electrons. The van der Waals surface area contributed by atoms with E-state index in [0.717, 1.165) is 0 Å². The van der Waals surface area contributed by atoms with Gasteiger partial charge >= 0.3 is 0 Å². The van der Waals surface area contributed by atoms with Gasteiger partial charge in [0.25, 0.3) is 5.91 Å². The van der Waals surface area contributed by atoms with Crippen LogP contribution in [-0.2, 0) is 4.79 Å². The Balaban J connectivity index is 1.76. The zero-order chi connectivity index (χ0) is 18.7. The molecule has 2 amide bonds. The Labute approximate surface area is 152 Å². The van der Waals surface area contributed by atoms with E-state index < -0.39 is 11.7 Å². The van der Waals surface area contributed by atoms with Gasteiger partial charge in [-0.25, -0.2) is 14.4 Å². The summed E-state index contributed by atoms with van der Waals surface area (Å²) < 4.78 is 14.3. The van der Waals surface area contributed by atoms with Gasteiger partial charge in [-0.3, -0.25) is 19.9 Å². The average Bonchev–Trinajstić information content (AvgIpc) is 3.03. The standard InChI is InChI=1S/C17H14FN5O2S/c1-9-6-20-14(7-19-9)16(25)23-17-22-15(8-26-17)12-4-3-11(5-13(12)18)21-10(2)24/h3-8H,1-2H3,(H,21,24)(H,22,23,25). The normalized spacial score (nSPS) is 10.4. The fourth-order valence-electron chi connectivity index (χ4n) is 2.13. The molecule has 0 saturated heterocycles. The Morgan fingerprint density at radius 2 is 1.96 bits per heavy atom. The highest BCUT2D eigenvalue weighted by Crippen LogP contribution is 2.28. The molecule has 1 aromatic carbocycles. The third-order valence-corrected chi connectivity index (χ3v) is 4.06. The number of nitrogens with one attached hydrogen (secondary N) is 2. The SMILES string of the molecule is CC(=O)Nc1ccc(-c2csc(NC(=O)c3cnc(C)cn3)n2)c(F)c1. The number of aromatic nitrogens is 3. The Hall–Kier alpha value is -3.20. The highest BCUT2D eigenvalue weighted by atomic mass is 32.1. The van der Waals surface area contributed by atoms with Gasteiger partial charge in [-0.15, -0.1) is 11.3 Å². The largest absolute Gasteiger partial charge is 0.326 e. The van der Waals surface area contributed by atoms with Gasteiger partial charge in [-0.2, -0.15) is 0 Å². The highest BCUT2D eigenvalue weighted by Gasteiger charge is 2.14. The van der Waals surface area contributed by atoms with E-state index in [0.29, 0.717) is 22.2 Å². The van der Waals surface area contributed by atoms with Crippen molar-refractivity contribution in [2.45, 2.75) is 13.8 Å². The zero-order valence-electron chi connectivity index (χ0n) is 13.9. The van der Waals surface area contributed by atoms with E-state index in [1.165, 1.54) is 42.8 Å². The number of halogens is 1. The van der Waals surface area contributed by atoms with E-state index in [1.807, 2.05) is 0 Å². The lowest BCUT2D eigenvalue weighted by molar-refractivity contribution is -0.114. The molecule has 2 aromatic heterocycles. The first-order valence-corrected chi connectivity index (χ1v) is 8.43. The number of anilines is 2. The number of amides is 2. The van der Waals surface area contributed by atoms with Crippen molar-refractivity contribution < 1.29 is 14.0 Å². The van der Waals surface area contributed by atoms with Crippen LogP contribution in [0.25, 0.3) is 11.3 Å². The number of nitrogens with zero attached hydrogens (tertiary/aromatic N) is 3. The third kappa shape index (κ3) is 4.06. The third-order valence-electron chi connectivity index (χ3n) is 3.30. The molecule has 0 spiro atoms. The molecule has 0 aliphatic rings. The Bertz CT molecular complexity index is 972. The summed E-state index contributed by atoms with van der Waals surface area (Å²) in [6.07, 6.45) is 2.87. The minimum atomic E-state index is -0.524. The first kappa shape index (κ1) is 17.6. The van der Waals surface area contributed by atoms with Gasteiger partial charge in [0.1, 0.15) is 11.5 Å². The molecule has 0 aliphatic carbocycles. The molecule has 0 bridgehead atoms. The minimum Gasteiger partial charge on any atom is -0.326 e. The maximum Gasteiger partial charge on any atom is 0.277 e. The summed E-state index contributed by atoms with van der Waals surface area (Å²) >= 11 is 1.17. The van der Waals surface area contributed by atoms with E-state index in [9.17, 15) is 14.0 Å². The monoisotopic (exact) mass is 371 g/mol. The number of carbonyl (C=O) groups is 2. The van der Waals surface area contributed by atoms with Gasteiger partial charge in [-0.05, 0) is 25.1 Å². The van der Waals surface area contributed by atoms with E-state index in [2.05, 4.69) is 25.6 Å². The van der Waals surface area contributed by atoms with Gasteiger partial charge in [0.2, 0.25) is 5.91 Å². The summed E-state index contributed by atoms with van der Waals surface area (Å²) in [6.45, 7) is 3.12. The van der Waals surface area contributed by atoms with Crippen molar-refractivity contribution in [1.82, 2.24) is 15.0 Å². The molecular formula is C17H14FN5O2S.